The van der Waals surface area contributed by atoms with E-state index in [2.05, 4.69) is 5.32 Å². The molecular weight excluding hydrogens is 258 g/mol. The lowest BCUT2D eigenvalue weighted by Crippen LogP contribution is -2.21. The fourth-order valence-corrected chi connectivity index (χ4v) is 1.56. The van der Waals surface area contributed by atoms with Crippen LogP contribution < -0.4 is 10.1 Å². The van der Waals surface area contributed by atoms with Gasteiger partial charge < -0.3 is 15.2 Å². The summed E-state index contributed by atoms with van der Waals surface area (Å²) in [5, 5.41) is 11.8. The highest BCUT2D eigenvalue weighted by Crippen LogP contribution is 2.27. The number of nitrogens with one attached hydrogen (secondary N) is 1. The zero-order chi connectivity index (χ0) is 15.3. The molecule has 0 aliphatic carbocycles. The molecule has 1 aromatic carbocycles. The highest BCUT2D eigenvalue weighted by molar-refractivity contribution is 5.96. The number of amides is 1. The van der Waals surface area contributed by atoms with Gasteiger partial charge in [-0.05, 0) is 38.5 Å². The van der Waals surface area contributed by atoms with E-state index in [0.29, 0.717) is 17.9 Å². The molecule has 2 N–H and O–H groups in total. The largest absolute Gasteiger partial charge is 0.489 e. The van der Waals surface area contributed by atoms with Crippen molar-refractivity contribution in [3.8, 4) is 5.75 Å². The van der Waals surface area contributed by atoms with Gasteiger partial charge in [0.05, 0.1) is 17.4 Å². The molecular formula is C15H21NO4. The van der Waals surface area contributed by atoms with E-state index < -0.39 is 5.97 Å². The molecule has 0 radical (unpaired) electrons. The Kier molecular flexibility index (Phi) is 5.55. The monoisotopic (exact) mass is 279 g/mol. The van der Waals surface area contributed by atoms with Crippen LogP contribution in [0.3, 0.4) is 0 Å². The highest BCUT2D eigenvalue weighted by Gasteiger charge is 2.16. The normalized spacial score (nSPS) is 12.1. The summed E-state index contributed by atoms with van der Waals surface area (Å²) in [6.07, 6.45) is 0.648. The van der Waals surface area contributed by atoms with Crippen LogP contribution in [0.2, 0.25) is 0 Å². The standard InChI is InChI=1S/C15H21NO4/c1-5-10(4)14(17)16-12-8-11(15(18)19)6-7-13(12)20-9(2)3/h6-10H,5H2,1-4H3,(H,16,17)(H,18,19). The number of carbonyl (C=O) groups excluding carboxylic acids is 1. The minimum atomic E-state index is -1.04. The Morgan fingerprint density at radius 3 is 2.45 bits per heavy atom. The molecule has 1 aromatic rings. The summed E-state index contributed by atoms with van der Waals surface area (Å²) in [7, 11) is 0. The van der Waals surface area contributed by atoms with Gasteiger partial charge in [-0.25, -0.2) is 4.79 Å². The molecule has 110 valence electrons. The Hall–Kier alpha value is -2.04. The first kappa shape index (κ1) is 16.0. The van der Waals surface area contributed by atoms with Gasteiger partial charge in [0.15, 0.2) is 0 Å². The maximum absolute atomic E-state index is 11.9. The Bertz CT molecular complexity index is 497. The number of benzene rings is 1. The van der Waals surface area contributed by atoms with Gasteiger partial charge in [0.25, 0.3) is 0 Å². The molecule has 20 heavy (non-hydrogen) atoms. The summed E-state index contributed by atoms with van der Waals surface area (Å²) in [6, 6.07) is 4.44. The Morgan fingerprint density at radius 2 is 1.95 bits per heavy atom. The molecule has 0 aliphatic rings. The van der Waals surface area contributed by atoms with Gasteiger partial charge in [-0.3, -0.25) is 4.79 Å². The van der Waals surface area contributed by atoms with Gasteiger partial charge in [-0.1, -0.05) is 13.8 Å². The van der Waals surface area contributed by atoms with E-state index in [1.165, 1.54) is 12.1 Å². The average molecular weight is 279 g/mol. The Balaban J connectivity index is 3.07. The second-order valence-corrected chi connectivity index (χ2v) is 4.98. The van der Waals surface area contributed by atoms with Crippen molar-refractivity contribution >= 4 is 17.6 Å². The van der Waals surface area contributed by atoms with Gasteiger partial charge in [0.1, 0.15) is 5.75 Å². The Morgan fingerprint density at radius 1 is 1.30 bits per heavy atom. The summed E-state index contributed by atoms with van der Waals surface area (Å²) in [6.45, 7) is 7.47. The van der Waals surface area contributed by atoms with E-state index in [1.807, 2.05) is 27.7 Å². The number of carboxylic acid groups (broad SMARTS) is 1. The quantitative estimate of drug-likeness (QED) is 0.838. The molecule has 5 nitrogen and oxygen atoms in total. The molecule has 0 aromatic heterocycles. The summed E-state index contributed by atoms with van der Waals surface area (Å²) < 4.78 is 5.59. The molecule has 0 heterocycles. The third kappa shape index (κ3) is 4.26. The van der Waals surface area contributed by atoms with Crippen LogP contribution in [0.4, 0.5) is 5.69 Å². The number of carboxylic acids is 1. The third-order valence-corrected chi connectivity index (χ3v) is 2.91. The molecule has 1 amide bonds. The van der Waals surface area contributed by atoms with Crippen molar-refractivity contribution in [2.75, 3.05) is 5.32 Å². The fourth-order valence-electron chi connectivity index (χ4n) is 1.56. The van der Waals surface area contributed by atoms with Crippen LogP contribution in [0.25, 0.3) is 0 Å². The van der Waals surface area contributed by atoms with Crippen molar-refractivity contribution in [2.45, 2.75) is 40.2 Å². The van der Waals surface area contributed by atoms with Gasteiger partial charge in [-0.15, -0.1) is 0 Å². The fraction of sp³-hybridized carbons (Fsp3) is 0.467. The summed E-state index contributed by atoms with van der Waals surface area (Å²) >= 11 is 0. The number of carbonyl (C=O) groups is 2. The molecule has 5 heteroatoms. The van der Waals surface area contributed by atoms with Crippen molar-refractivity contribution in [3.05, 3.63) is 23.8 Å². The third-order valence-electron chi connectivity index (χ3n) is 2.91. The Labute approximate surface area is 118 Å². The maximum atomic E-state index is 11.9. The molecule has 0 fully saturated rings. The molecule has 0 saturated heterocycles. The number of anilines is 1. The van der Waals surface area contributed by atoms with E-state index >= 15 is 0 Å². The van der Waals surface area contributed by atoms with Crippen LogP contribution >= 0.6 is 0 Å². The first-order valence-electron chi connectivity index (χ1n) is 6.70. The van der Waals surface area contributed by atoms with Gasteiger partial charge in [0, 0.05) is 5.92 Å². The maximum Gasteiger partial charge on any atom is 0.335 e. The molecule has 1 atom stereocenters. The molecule has 1 unspecified atom stereocenters. The second-order valence-electron chi connectivity index (χ2n) is 4.98. The number of rotatable bonds is 6. The summed E-state index contributed by atoms with van der Waals surface area (Å²) in [5.41, 5.74) is 0.504. The van der Waals surface area contributed by atoms with E-state index in [4.69, 9.17) is 9.84 Å². The number of aromatic carboxylic acids is 1. The lowest BCUT2D eigenvalue weighted by Gasteiger charge is -2.17. The first-order valence-corrected chi connectivity index (χ1v) is 6.70. The first-order chi connectivity index (χ1) is 9.35. The predicted octanol–water partition coefficient (Wildman–Crippen LogP) is 3.16. The zero-order valence-corrected chi connectivity index (χ0v) is 12.3. The summed E-state index contributed by atoms with van der Waals surface area (Å²) in [5.74, 6) is -0.860. The number of hydrogen-bond acceptors (Lipinski definition) is 3. The smallest absolute Gasteiger partial charge is 0.335 e. The van der Waals surface area contributed by atoms with Crippen molar-refractivity contribution in [1.82, 2.24) is 0 Å². The topological polar surface area (TPSA) is 75.6 Å². The minimum Gasteiger partial charge on any atom is -0.489 e. The van der Waals surface area contributed by atoms with E-state index in [9.17, 15) is 9.59 Å². The van der Waals surface area contributed by atoms with E-state index in [0.717, 1.165) is 0 Å². The molecule has 0 spiro atoms. The van der Waals surface area contributed by atoms with E-state index in [1.54, 1.807) is 6.07 Å². The van der Waals surface area contributed by atoms with Crippen molar-refractivity contribution in [1.29, 1.82) is 0 Å². The van der Waals surface area contributed by atoms with Crippen LogP contribution in [0.15, 0.2) is 18.2 Å². The molecule has 0 saturated carbocycles. The van der Waals surface area contributed by atoms with E-state index in [-0.39, 0.29) is 23.5 Å². The van der Waals surface area contributed by atoms with Gasteiger partial charge in [0.2, 0.25) is 5.91 Å². The lowest BCUT2D eigenvalue weighted by molar-refractivity contribution is -0.119. The van der Waals surface area contributed by atoms with Gasteiger partial charge >= 0.3 is 5.97 Å². The highest BCUT2D eigenvalue weighted by atomic mass is 16.5. The van der Waals surface area contributed by atoms with Gasteiger partial charge in [-0.2, -0.15) is 0 Å². The van der Waals surface area contributed by atoms with Crippen molar-refractivity contribution in [3.63, 3.8) is 0 Å². The zero-order valence-electron chi connectivity index (χ0n) is 12.3. The van der Waals surface area contributed by atoms with Crippen LogP contribution in [-0.4, -0.2) is 23.1 Å². The number of hydrogen-bond donors (Lipinski definition) is 2. The second kappa shape index (κ2) is 6.93. The van der Waals surface area contributed by atoms with Crippen LogP contribution in [0, 0.1) is 5.92 Å². The van der Waals surface area contributed by atoms with Crippen molar-refractivity contribution < 1.29 is 19.4 Å². The van der Waals surface area contributed by atoms with Crippen molar-refractivity contribution in [2.24, 2.45) is 5.92 Å². The molecule has 0 aliphatic heterocycles. The molecule has 1 rings (SSSR count). The average Bonchev–Trinajstić information content (AvgIpc) is 2.38. The SMILES string of the molecule is CCC(C)C(=O)Nc1cc(C(=O)O)ccc1OC(C)C. The lowest BCUT2D eigenvalue weighted by atomic mass is 10.1. The molecule has 0 bridgehead atoms. The summed E-state index contributed by atoms with van der Waals surface area (Å²) in [4.78, 5) is 23.0. The number of ether oxygens (including phenoxy) is 1. The van der Waals surface area contributed by atoms with Crippen LogP contribution in [0.5, 0.6) is 5.75 Å². The minimum absolute atomic E-state index is 0.0649. The van der Waals surface area contributed by atoms with Crippen LogP contribution in [-0.2, 0) is 4.79 Å². The predicted molar refractivity (Wildman–Crippen MR) is 77.3 cm³/mol. The van der Waals surface area contributed by atoms with Crippen LogP contribution in [0.1, 0.15) is 44.5 Å².